The van der Waals surface area contributed by atoms with E-state index in [9.17, 15) is 0 Å². The average Bonchev–Trinajstić information content (AvgIpc) is 3.74. The number of furan rings is 1. The van der Waals surface area contributed by atoms with E-state index in [1.165, 1.54) is 17.3 Å². The van der Waals surface area contributed by atoms with Crippen molar-refractivity contribution in [2.45, 2.75) is 66.6 Å². The second kappa shape index (κ2) is 14.6. The van der Waals surface area contributed by atoms with Crippen molar-refractivity contribution in [3.05, 3.63) is 137 Å². The molecule has 4 aromatic carbocycles. The number of benzene rings is 4. The molecule has 0 aliphatic rings. The minimum atomic E-state index is -2.09. The molecule has 0 amide bonds. The van der Waals surface area contributed by atoms with Gasteiger partial charge in [0.2, 0.25) is 0 Å². The van der Waals surface area contributed by atoms with E-state index in [2.05, 4.69) is 82.1 Å². The number of rotatable bonds is 4. The van der Waals surface area contributed by atoms with Crippen LogP contribution in [-0.2, 0) is 25.5 Å². The number of hydrogen-bond acceptors (Lipinski definition) is 5. The van der Waals surface area contributed by atoms with Gasteiger partial charge in [0, 0.05) is 54.3 Å². The molecule has 259 valence electrons. The zero-order valence-electron chi connectivity index (χ0n) is 33.7. The van der Waals surface area contributed by atoms with Gasteiger partial charge in [-0.3, -0.25) is 0 Å². The quantitative estimate of drug-likeness (QED) is 0.165. The van der Waals surface area contributed by atoms with Crippen molar-refractivity contribution in [3.8, 4) is 33.6 Å². The molecule has 0 aliphatic heterocycles. The summed E-state index contributed by atoms with van der Waals surface area (Å²) in [6.45, 7) is 12.6. The van der Waals surface area contributed by atoms with E-state index in [1.807, 2.05) is 56.4 Å². The van der Waals surface area contributed by atoms with Gasteiger partial charge in [-0.25, -0.2) is 4.98 Å². The molecule has 6 heteroatoms. The van der Waals surface area contributed by atoms with E-state index in [0.29, 0.717) is 0 Å². The van der Waals surface area contributed by atoms with Gasteiger partial charge >= 0.3 is 0 Å². The Labute approximate surface area is 324 Å². The van der Waals surface area contributed by atoms with Crippen molar-refractivity contribution < 1.29 is 30.0 Å². The largest absolute Gasteiger partial charge is 0.498 e. The second-order valence-corrected chi connectivity index (χ2v) is 14.9. The molecule has 0 saturated carbocycles. The van der Waals surface area contributed by atoms with Crippen LogP contribution in [0, 0.1) is 32.8 Å². The summed E-state index contributed by atoms with van der Waals surface area (Å²) in [5, 5.41) is 3.16. The van der Waals surface area contributed by atoms with Gasteiger partial charge in [0.05, 0.1) is 15.3 Å². The molecule has 1 radical (unpaired) electrons. The smallest absolute Gasteiger partial charge is 0.148 e. The van der Waals surface area contributed by atoms with Gasteiger partial charge in [-0.2, -0.15) is 0 Å². The Kier molecular flexibility index (Phi) is 8.97. The standard InChI is InChI=1S/C33H31N2OS.C12H10N.Ir/c1-18(2)24-16-26(34-17-25(24)28-19(3)10-8-11-20(28)4)23-13-9-12-21-22-14-15-27-29(31(22)36-30(21)23)35-32(37-27)33(5,6)7;1-10-7-8-12(13-9-10)11-5-3-2-4-6-11;/h8-12,14-18H,1-7H3;2-5,7-9H,1H3;/q2*-1;/i18D;1D3;. The normalized spacial score (nSPS) is 13.2. The summed E-state index contributed by atoms with van der Waals surface area (Å²) < 4.78 is 38.4. The number of hydrogen-bond donors (Lipinski definition) is 0. The first kappa shape index (κ1) is 31.3. The summed E-state index contributed by atoms with van der Waals surface area (Å²) in [5.74, 6) is -0.820. The summed E-state index contributed by atoms with van der Waals surface area (Å²) in [5.41, 5.74) is 11.3. The summed E-state index contributed by atoms with van der Waals surface area (Å²) in [6, 6.07) is 33.8. The summed E-state index contributed by atoms with van der Waals surface area (Å²) in [6.07, 6.45) is 3.31. The number of thiazole rings is 1. The molecule has 0 spiro atoms. The van der Waals surface area contributed by atoms with Gasteiger partial charge in [0.15, 0.2) is 0 Å². The van der Waals surface area contributed by atoms with Gasteiger partial charge < -0.3 is 14.4 Å². The fourth-order valence-corrected chi connectivity index (χ4v) is 7.27. The summed E-state index contributed by atoms with van der Waals surface area (Å²) in [4.78, 5) is 14.0. The van der Waals surface area contributed by atoms with Gasteiger partial charge in [-0.1, -0.05) is 88.0 Å². The van der Waals surface area contributed by atoms with E-state index < -0.39 is 12.7 Å². The minimum absolute atomic E-state index is 0. The maximum atomic E-state index is 8.99. The van der Waals surface area contributed by atoms with Crippen LogP contribution in [-0.4, -0.2) is 15.0 Å². The first-order valence-corrected chi connectivity index (χ1v) is 17.5. The van der Waals surface area contributed by atoms with Crippen molar-refractivity contribution in [1.29, 1.82) is 0 Å². The Morgan fingerprint density at radius 1 is 0.824 bits per heavy atom. The molecule has 0 saturated heterocycles. The predicted molar refractivity (Wildman–Crippen MR) is 210 cm³/mol. The number of nitrogens with zero attached hydrogens (tertiary/aromatic N) is 3. The molecule has 0 aliphatic carbocycles. The van der Waals surface area contributed by atoms with Crippen molar-refractivity contribution >= 4 is 43.5 Å². The Morgan fingerprint density at radius 2 is 1.59 bits per heavy atom. The molecule has 8 aromatic rings. The molecular formula is C45H41IrN3OS-2. The number of aromatic nitrogens is 3. The molecule has 0 unspecified atom stereocenters. The molecule has 4 nitrogen and oxygen atoms in total. The fourth-order valence-electron chi connectivity index (χ4n) is 6.25. The zero-order valence-corrected chi connectivity index (χ0v) is 32.9. The first-order valence-electron chi connectivity index (χ1n) is 18.7. The molecule has 0 atom stereocenters. The monoisotopic (exact) mass is 868 g/mol. The molecule has 51 heavy (non-hydrogen) atoms. The van der Waals surface area contributed by atoms with Crippen molar-refractivity contribution in [3.63, 3.8) is 0 Å². The Balaban J connectivity index is 0.000000254. The van der Waals surface area contributed by atoms with E-state index in [-0.39, 0.29) is 31.1 Å². The van der Waals surface area contributed by atoms with Crippen LogP contribution in [0.4, 0.5) is 0 Å². The molecule has 0 N–H and O–H groups in total. The SMILES string of the molecule is [2H]C(C)(C)c1cc(-c2[c-]ccc3c2oc2c3ccc3sc(C(C)(C)C)nc32)ncc1-c1c(C)cccc1C.[2H]C([2H])([2H])c1ccc(-c2[c-]cccc2)nc1.[Ir]. The van der Waals surface area contributed by atoms with Crippen LogP contribution in [0.3, 0.4) is 0 Å². The molecule has 4 heterocycles. The van der Waals surface area contributed by atoms with Crippen LogP contribution >= 0.6 is 11.3 Å². The van der Waals surface area contributed by atoms with Crippen LogP contribution in [0.25, 0.3) is 65.8 Å². The topological polar surface area (TPSA) is 51.8 Å². The predicted octanol–water partition coefficient (Wildman–Crippen LogP) is 12.6. The van der Waals surface area contributed by atoms with E-state index in [1.54, 1.807) is 29.5 Å². The van der Waals surface area contributed by atoms with Crippen LogP contribution < -0.4 is 0 Å². The third-order valence-corrected chi connectivity index (χ3v) is 10.2. The Morgan fingerprint density at radius 3 is 2.25 bits per heavy atom. The molecular weight excluding hydrogens is 823 g/mol. The molecule has 0 fully saturated rings. The third-order valence-electron chi connectivity index (χ3n) is 8.80. The van der Waals surface area contributed by atoms with Gasteiger partial charge in [0.1, 0.15) is 11.1 Å². The van der Waals surface area contributed by atoms with Gasteiger partial charge in [0.25, 0.3) is 0 Å². The number of fused-ring (bicyclic) bond motifs is 5. The zero-order chi connectivity index (χ0) is 38.6. The van der Waals surface area contributed by atoms with E-state index >= 15 is 0 Å². The number of pyridine rings is 2. The average molecular weight is 868 g/mol. The summed E-state index contributed by atoms with van der Waals surface area (Å²) >= 11 is 1.72. The van der Waals surface area contributed by atoms with Gasteiger partial charge in [-0.15, -0.1) is 65.4 Å². The minimum Gasteiger partial charge on any atom is -0.498 e. The first-order chi connectivity index (χ1) is 25.5. The van der Waals surface area contributed by atoms with Crippen molar-refractivity contribution in [2.24, 2.45) is 0 Å². The summed E-state index contributed by atoms with van der Waals surface area (Å²) in [7, 11) is 0. The molecule has 8 rings (SSSR count). The third kappa shape index (κ3) is 7.19. The van der Waals surface area contributed by atoms with Crippen LogP contribution in [0.15, 0.2) is 102 Å². The maximum Gasteiger partial charge on any atom is 0.148 e. The van der Waals surface area contributed by atoms with Crippen molar-refractivity contribution in [1.82, 2.24) is 15.0 Å². The van der Waals surface area contributed by atoms with Crippen LogP contribution in [0.5, 0.6) is 0 Å². The number of aryl methyl sites for hydroxylation is 3. The maximum absolute atomic E-state index is 8.99. The second-order valence-electron chi connectivity index (χ2n) is 13.8. The van der Waals surface area contributed by atoms with Crippen molar-refractivity contribution in [2.75, 3.05) is 0 Å². The van der Waals surface area contributed by atoms with Crippen LogP contribution in [0.2, 0.25) is 0 Å². The molecule has 4 aromatic heterocycles. The van der Waals surface area contributed by atoms with E-state index in [0.717, 1.165) is 76.4 Å². The van der Waals surface area contributed by atoms with E-state index in [4.69, 9.17) is 19.9 Å². The molecule has 0 bridgehead atoms. The Bertz CT molecular complexity index is 2620. The Hall–Kier alpha value is -4.48. The van der Waals surface area contributed by atoms with Crippen LogP contribution in [0.1, 0.15) is 73.3 Å². The van der Waals surface area contributed by atoms with Gasteiger partial charge in [-0.05, 0) is 71.9 Å². The fraction of sp³-hybridized carbons (Fsp3) is 0.222.